The van der Waals surface area contributed by atoms with Crippen molar-refractivity contribution in [3.05, 3.63) is 42.0 Å². The van der Waals surface area contributed by atoms with Crippen molar-refractivity contribution in [1.82, 2.24) is 10.2 Å². The van der Waals surface area contributed by atoms with Gasteiger partial charge in [0, 0.05) is 25.7 Å². The molecule has 0 radical (unpaired) electrons. The van der Waals surface area contributed by atoms with Gasteiger partial charge in [-0.25, -0.2) is 0 Å². The van der Waals surface area contributed by atoms with Crippen LogP contribution >= 0.6 is 12.4 Å². The van der Waals surface area contributed by atoms with Crippen LogP contribution in [0.15, 0.2) is 36.4 Å². The third kappa shape index (κ3) is 3.63. The Bertz CT molecular complexity index is 320. The maximum absolute atomic E-state index is 3.28. The smallest absolute Gasteiger partial charge is 0.0345 e. The summed E-state index contributed by atoms with van der Waals surface area (Å²) < 4.78 is 0. The molecule has 1 heterocycles. The zero-order valence-corrected chi connectivity index (χ0v) is 10.4. The highest BCUT2D eigenvalue weighted by molar-refractivity contribution is 5.85. The maximum Gasteiger partial charge on any atom is 0.0345 e. The van der Waals surface area contributed by atoms with Crippen LogP contribution in [-0.2, 0) is 0 Å². The lowest BCUT2D eigenvalue weighted by Gasteiger charge is -2.34. The van der Waals surface area contributed by atoms with E-state index in [1.807, 2.05) is 6.07 Å². The molecule has 2 rings (SSSR count). The quantitative estimate of drug-likeness (QED) is 0.864. The van der Waals surface area contributed by atoms with Gasteiger partial charge in [-0.3, -0.25) is 4.90 Å². The Morgan fingerprint density at radius 2 is 2.00 bits per heavy atom. The predicted molar refractivity (Wildman–Crippen MR) is 72.0 cm³/mol. The summed E-state index contributed by atoms with van der Waals surface area (Å²) in [5.41, 5.74) is 1.28. The number of benzene rings is 1. The number of halogens is 1. The lowest BCUT2D eigenvalue weighted by atomic mass is 10.1. The second-order valence-corrected chi connectivity index (χ2v) is 4.06. The molecule has 1 fully saturated rings. The minimum atomic E-state index is 0. The Kier molecular flexibility index (Phi) is 5.53. The van der Waals surface area contributed by atoms with E-state index < -0.39 is 0 Å². The van der Waals surface area contributed by atoms with Gasteiger partial charge in [0.1, 0.15) is 0 Å². The van der Waals surface area contributed by atoms with Gasteiger partial charge >= 0.3 is 0 Å². The van der Waals surface area contributed by atoms with Crippen molar-refractivity contribution in [3.8, 4) is 0 Å². The van der Waals surface area contributed by atoms with Crippen molar-refractivity contribution in [2.45, 2.75) is 6.04 Å². The zero-order chi connectivity index (χ0) is 10.5. The molecule has 3 heteroatoms. The van der Waals surface area contributed by atoms with E-state index >= 15 is 0 Å². The molecule has 16 heavy (non-hydrogen) atoms. The molecule has 0 amide bonds. The molecule has 1 aromatic rings. The highest BCUT2D eigenvalue weighted by Gasteiger charge is 2.19. The number of rotatable bonds is 4. The second-order valence-electron chi connectivity index (χ2n) is 4.06. The number of nitrogens with zero attached hydrogens (tertiary/aromatic N) is 1. The summed E-state index contributed by atoms with van der Waals surface area (Å²) in [6, 6.07) is 11.2. The molecule has 1 N–H and O–H groups in total. The molecular formula is C13H19ClN2. The average molecular weight is 239 g/mol. The molecule has 0 bridgehead atoms. The topological polar surface area (TPSA) is 15.3 Å². The molecular weight excluding hydrogens is 220 g/mol. The van der Waals surface area contributed by atoms with Gasteiger partial charge in [0.25, 0.3) is 0 Å². The molecule has 0 unspecified atom stereocenters. The van der Waals surface area contributed by atoms with Crippen molar-refractivity contribution in [1.29, 1.82) is 0 Å². The number of hydrogen-bond acceptors (Lipinski definition) is 2. The summed E-state index contributed by atoms with van der Waals surface area (Å²) in [5, 5.41) is 3.28. The Labute approximate surface area is 104 Å². The Balaban J connectivity index is 0.00000128. The van der Waals surface area contributed by atoms with Crippen molar-refractivity contribution >= 4 is 18.5 Å². The van der Waals surface area contributed by atoms with Crippen LogP contribution in [0, 0.1) is 0 Å². The van der Waals surface area contributed by atoms with Gasteiger partial charge in [-0.05, 0) is 12.6 Å². The fraction of sp³-hybridized carbons (Fsp3) is 0.385. The standard InChI is InChI=1S/C13H18N2.ClH/c1-15(13-10-14-11-13)9-5-8-12-6-3-2-4-7-12;/h2-8,13-14H,9-11H2,1H3;1H/b8-5+;. The summed E-state index contributed by atoms with van der Waals surface area (Å²) >= 11 is 0. The van der Waals surface area contributed by atoms with Crippen LogP contribution in [0.5, 0.6) is 0 Å². The number of hydrogen-bond donors (Lipinski definition) is 1. The molecule has 1 aromatic carbocycles. The summed E-state index contributed by atoms with van der Waals surface area (Å²) in [6.45, 7) is 3.30. The summed E-state index contributed by atoms with van der Waals surface area (Å²) in [7, 11) is 2.18. The molecule has 0 spiro atoms. The van der Waals surface area contributed by atoms with Gasteiger partial charge in [-0.1, -0.05) is 42.5 Å². The minimum Gasteiger partial charge on any atom is -0.314 e. The van der Waals surface area contributed by atoms with E-state index in [1.165, 1.54) is 5.56 Å². The molecule has 1 saturated heterocycles. The molecule has 0 atom stereocenters. The Hall–Kier alpha value is -0.830. The van der Waals surface area contributed by atoms with Crippen molar-refractivity contribution < 1.29 is 0 Å². The van der Waals surface area contributed by atoms with Crippen molar-refractivity contribution in [2.24, 2.45) is 0 Å². The first-order valence-corrected chi connectivity index (χ1v) is 5.49. The third-order valence-electron chi connectivity index (χ3n) is 2.89. The normalized spacial score (nSPS) is 16.1. The first-order valence-electron chi connectivity index (χ1n) is 5.49. The van der Waals surface area contributed by atoms with Crippen LogP contribution in [0.2, 0.25) is 0 Å². The first kappa shape index (κ1) is 13.2. The van der Waals surface area contributed by atoms with Crippen LogP contribution in [0.4, 0.5) is 0 Å². The minimum absolute atomic E-state index is 0. The van der Waals surface area contributed by atoms with Crippen LogP contribution in [0.25, 0.3) is 6.08 Å². The highest BCUT2D eigenvalue weighted by Crippen LogP contribution is 2.04. The summed E-state index contributed by atoms with van der Waals surface area (Å²) in [4.78, 5) is 2.38. The van der Waals surface area contributed by atoms with E-state index in [0.717, 1.165) is 25.7 Å². The van der Waals surface area contributed by atoms with Gasteiger partial charge in [0.05, 0.1) is 0 Å². The SMILES string of the molecule is CN(C/C=C/c1ccccc1)C1CNC1.Cl. The maximum atomic E-state index is 3.28. The van der Waals surface area contributed by atoms with E-state index in [9.17, 15) is 0 Å². The van der Waals surface area contributed by atoms with Crippen LogP contribution in [-0.4, -0.2) is 37.6 Å². The molecule has 0 saturated carbocycles. The second kappa shape index (κ2) is 6.69. The van der Waals surface area contributed by atoms with E-state index in [2.05, 4.69) is 53.7 Å². The predicted octanol–water partition coefficient (Wildman–Crippen LogP) is 2.03. The van der Waals surface area contributed by atoms with Gasteiger partial charge in [0.15, 0.2) is 0 Å². The monoisotopic (exact) mass is 238 g/mol. The highest BCUT2D eigenvalue weighted by atomic mass is 35.5. The van der Waals surface area contributed by atoms with Gasteiger partial charge in [0.2, 0.25) is 0 Å². The van der Waals surface area contributed by atoms with E-state index in [0.29, 0.717) is 0 Å². The summed E-state index contributed by atoms with van der Waals surface area (Å²) in [5.74, 6) is 0. The van der Waals surface area contributed by atoms with Gasteiger partial charge < -0.3 is 5.32 Å². The fourth-order valence-corrected chi connectivity index (χ4v) is 1.65. The molecule has 1 aliphatic rings. The lowest BCUT2D eigenvalue weighted by Crippen LogP contribution is -2.55. The van der Waals surface area contributed by atoms with Crippen LogP contribution in [0.1, 0.15) is 5.56 Å². The number of likely N-dealkylation sites (N-methyl/N-ethyl adjacent to an activating group) is 1. The van der Waals surface area contributed by atoms with Crippen molar-refractivity contribution in [2.75, 3.05) is 26.7 Å². The fourth-order valence-electron chi connectivity index (χ4n) is 1.65. The summed E-state index contributed by atoms with van der Waals surface area (Å²) in [6.07, 6.45) is 4.41. The molecule has 0 aromatic heterocycles. The Morgan fingerprint density at radius 3 is 2.56 bits per heavy atom. The third-order valence-corrected chi connectivity index (χ3v) is 2.89. The van der Waals surface area contributed by atoms with Crippen molar-refractivity contribution in [3.63, 3.8) is 0 Å². The number of nitrogens with one attached hydrogen (secondary N) is 1. The van der Waals surface area contributed by atoms with Crippen LogP contribution in [0.3, 0.4) is 0 Å². The van der Waals surface area contributed by atoms with E-state index in [-0.39, 0.29) is 12.4 Å². The van der Waals surface area contributed by atoms with Gasteiger partial charge in [-0.15, -0.1) is 12.4 Å². The average Bonchev–Trinajstić information content (AvgIpc) is 2.16. The molecule has 2 nitrogen and oxygen atoms in total. The zero-order valence-electron chi connectivity index (χ0n) is 9.60. The van der Waals surface area contributed by atoms with Crippen LogP contribution < -0.4 is 5.32 Å². The van der Waals surface area contributed by atoms with E-state index in [4.69, 9.17) is 0 Å². The lowest BCUT2D eigenvalue weighted by molar-refractivity contribution is 0.197. The molecule has 0 aliphatic carbocycles. The molecule has 1 aliphatic heterocycles. The Morgan fingerprint density at radius 1 is 1.31 bits per heavy atom. The van der Waals surface area contributed by atoms with E-state index in [1.54, 1.807) is 0 Å². The largest absolute Gasteiger partial charge is 0.314 e. The molecule has 88 valence electrons. The first-order chi connectivity index (χ1) is 7.36. The van der Waals surface area contributed by atoms with Gasteiger partial charge in [-0.2, -0.15) is 0 Å².